The second-order valence-corrected chi connectivity index (χ2v) is 10.7. The Kier molecular flexibility index (Phi) is 10.2. The predicted octanol–water partition coefficient (Wildman–Crippen LogP) is 3.08. The van der Waals surface area contributed by atoms with Crippen LogP contribution in [0.25, 0.3) is 0 Å². The van der Waals surface area contributed by atoms with E-state index in [-0.39, 0.29) is 18.1 Å². The molecule has 0 aliphatic heterocycles. The van der Waals surface area contributed by atoms with E-state index >= 15 is 0 Å². The number of rotatable bonds is 12. The van der Waals surface area contributed by atoms with Crippen molar-refractivity contribution in [2.75, 3.05) is 31.5 Å². The second-order valence-electron chi connectivity index (χ2n) is 8.60. The van der Waals surface area contributed by atoms with E-state index < -0.39 is 34.5 Å². The van der Waals surface area contributed by atoms with E-state index in [4.69, 9.17) is 0 Å². The quantitative estimate of drug-likeness (QED) is 0.448. The summed E-state index contributed by atoms with van der Waals surface area (Å²) >= 11 is 0. The van der Waals surface area contributed by atoms with Crippen molar-refractivity contribution in [1.29, 1.82) is 0 Å². The van der Waals surface area contributed by atoms with Gasteiger partial charge >= 0.3 is 10.2 Å². The molecular formula is C25H35FN4O4S. The first-order chi connectivity index (χ1) is 16.5. The lowest BCUT2D eigenvalue weighted by Crippen LogP contribution is -2.52. The SMILES string of the molecule is CCCCNC(=O)[C@H](C)N(Cc1ccc(C)cc1)C(=O)CN(c1ccc(F)cc1)S(=O)(=O)N(C)C. The molecule has 0 saturated heterocycles. The van der Waals surface area contributed by atoms with Crippen molar-refractivity contribution >= 4 is 27.7 Å². The van der Waals surface area contributed by atoms with Gasteiger partial charge in [-0.1, -0.05) is 43.2 Å². The van der Waals surface area contributed by atoms with Gasteiger partial charge in [0.2, 0.25) is 11.8 Å². The Morgan fingerprint density at radius 3 is 2.17 bits per heavy atom. The van der Waals surface area contributed by atoms with Gasteiger partial charge in [0.1, 0.15) is 18.4 Å². The van der Waals surface area contributed by atoms with Crippen molar-refractivity contribution in [3.63, 3.8) is 0 Å². The molecule has 0 saturated carbocycles. The first-order valence-corrected chi connectivity index (χ1v) is 13.0. The number of anilines is 1. The third-order valence-corrected chi connectivity index (χ3v) is 7.42. The lowest BCUT2D eigenvalue weighted by atomic mass is 10.1. The number of aryl methyl sites for hydroxylation is 1. The highest BCUT2D eigenvalue weighted by molar-refractivity contribution is 7.90. The summed E-state index contributed by atoms with van der Waals surface area (Å²) in [5.41, 5.74) is 2.00. The molecule has 0 unspecified atom stereocenters. The van der Waals surface area contributed by atoms with Gasteiger partial charge in [0.25, 0.3) is 0 Å². The minimum Gasteiger partial charge on any atom is -0.354 e. The largest absolute Gasteiger partial charge is 0.354 e. The van der Waals surface area contributed by atoms with E-state index in [0.717, 1.165) is 44.7 Å². The maximum Gasteiger partial charge on any atom is 0.304 e. The zero-order chi connectivity index (χ0) is 26.2. The first-order valence-electron chi connectivity index (χ1n) is 11.6. The maximum absolute atomic E-state index is 13.6. The van der Waals surface area contributed by atoms with Crippen LogP contribution in [0.5, 0.6) is 0 Å². The molecule has 0 aromatic heterocycles. The topological polar surface area (TPSA) is 90.0 Å². The van der Waals surface area contributed by atoms with Gasteiger partial charge < -0.3 is 10.2 Å². The molecule has 192 valence electrons. The zero-order valence-electron chi connectivity index (χ0n) is 21.0. The number of nitrogens with zero attached hydrogens (tertiary/aromatic N) is 3. The molecule has 1 atom stereocenters. The molecule has 0 bridgehead atoms. The van der Waals surface area contributed by atoms with Crippen molar-refractivity contribution in [1.82, 2.24) is 14.5 Å². The van der Waals surface area contributed by atoms with E-state index in [1.54, 1.807) is 6.92 Å². The minimum atomic E-state index is -4.08. The Labute approximate surface area is 207 Å². The lowest BCUT2D eigenvalue weighted by Gasteiger charge is -2.32. The number of halogens is 1. The normalized spacial score (nSPS) is 12.3. The molecule has 2 amide bonds. The molecule has 0 aliphatic carbocycles. The van der Waals surface area contributed by atoms with Crippen LogP contribution >= 0.6 is 0 Å². The summed E-state index contributed by atoms with van der Waals surface area (Å²) < 4.78 is 41.5. The van der Waals surface area contributed by atoms with Gasteiger partial charge in [0.15, 0.2) is 0 Å². The Morgan fingerprint density at radius 1 is 1.03 bits per heavy atom. The molecule has 35 heavy (non-hydrogen) atoms. The molecule has 0 radical (unpaired) electrons. The van der Waals surface area contributed by atoms with E-state index in [9.17, 15) is 22.4 Å². The summed E-state index contributed by atoms with van der Waals surface area (Å²) in [6.07, 6.45) is 1.72. The molecule has 2 aromatic carbocycles. The van der Waals surface area contributed by atoms with Gasteiger partial charge in [-0.25, -0.2) is 8.70 Å². The van der Waals surface area contributed by atoms with Crippen LogP contribution in [0.2, 0.25) is 0 Å². The average molecular weight is 507 g/mol. The molecule has 2 aromatic rings. The number of nitrogens with one attached hydrogen (secondary N) is 1. The van der Waals surface area contributed by atoms with E-state index in [0.29, 0.717) is 6.54 Å². The number of carbonyl (C=O) groups is 2. The molecule has 0 fully saturated rings. The van der Waals surface area contributed by atoms with Gasteiger partial charge in [-0.15, -0.1) is 0 Å². The Hall–Kier alpha value is -2.98. The Bertz CT molecular complexity index is 1090. The zero-order valence-corrected chi connectivity index (χ0v) is 21.8. The third kappa shape index (κ3) is 7.76. The summed E-state index contributed by atoms with van der Waals surface area (Å²) in [6.45, 7) is 5.64. The average Bonchev–Trinajstić information content (AvgIpc) is 2.82. The van der Waals surface area contributed by atoms with Crippen LogP contribution in [-0.2, 0) is 26.3 Å². The van der Waals surface area contributed by atoms with E-state index in [2.05, 4.69) is 5.32 Å². The van der Waals surface area contributed by atoms with Crippen LogP contribution < -0.4 is 9.62 Å². The number of hydrogen-bond acceptors (Lipinski definition) is 4. The van der Waals surface area contributed by atoms with Crippen LogP contribution in [0.15, 0.2) is 48.5 Å². The monoisotopic (exact) mass is 506 g/mol. The third-order valence-electron chi connectivity index (χ3n) is 5.60. The van der Waals surface area contributed by atoms with Crippen molar-refractivity contribution < 1.29 is 22.4 Å². The summed E-state index contributed by atoms with van der Waals surface area (Å²) in [5.74, 6) is -1.40. The Morgan fingerprint density at radius 2 is 1.63 bits per heavy atom. The lowest BCUT2D eigenvalue weighted by molar-refractivity contribution is -0.139. The highest BCUT2D eigenvalue weighted by atomic mass is 32.2. The molecule has 0 spiro atoms. The molecule has 10 heteroatoms. The van der Waals surface area contributed by atoms with Crippen LogP contribution in [-0.4, -0.2) is 62.7 Å². The van der Waals surface area contributed by atoms with E-state index in [1.807, 2.05) is 38.1 Å². The minimum absolute atomic E-state index is 0.126. The fourth-order valence-electron chi connectivity index (χ4n) is 3.33. The molecular weight excluding hydrogens is 471 g/mol. The van der Waals surface area contributed by atoms with Gasteiger partial charge in [-0.2, -0.15) is 12.7 Å². The predicted molar refractivity (Wildman–Crippen MR) is 135 cm³/mol. The number of carbonyl (C=O) groups excluding carboxylic acids is 2. The van der Waals surface area contributed by atoms with Crippen LogP contribution in [0.3, 0.4) is 0 Å². The number of hydrogen-bond donors (Lipinski definition) is 1. The van der Waals surface area contributed by atoms with Crippen molar-refractivity contribution in [2.45, 2.75) is 46.2 Å². The van der Waals surface area contributed by atoms with Crippen molar-refractivity contribution in [3.8, 4) is 0 Å². The first kappa shape index (κ1) is 28.3. The summed E-state index contributed by atoms with van der Waals surface area (Å²) in [4.78, 5) is 27.7. The number of amides is 2. The molecule has 0 aliphatic rings. The number of benzene rings is 2. The fourth-order valence-corrected chi connectivity index (χ4v) is 4.39. The molecule has 1 N–H and O–H groups in total. The number of unbranched alkanes of at least 4 members (excludes halogenated alkanes) is 1. The summed E-state index contributed by atoms with van der Waals surface area (Å²) in [5, 5.41) is 2.84. The second kappa shape index (κ2) is 12.6. The van der Waals surface area contributed by atoms with Crippen molar-refractivity contribution in [3.05, 3.63) is 65.5 Å². The van der Waals surface area contributed by atoms with Crippen LogP contribution in [0, 0.1) is 12.7 Å². The molecule has 8 nitrogen and oxygen atoms in total. The van der Waals surface area contributed by atoms with Gasteiger partial charge in [0.05, 0.1) is 5.69 Å². The van der Waals surface area contributed by atoms with Gasteiger partial charge in [0, 0.05) is 27.2 Å². The highest BCUT2D eigenvalue weighted by Gasteiger charge is 2.32. The van der Waals surface area contributed by atoms with Crippen LogP contribution in [0.1, 0.15) is 37.8 Å². The summed E-state index contributed by atoms with van der Waals surface area (Å²) in [6, 6.07) is 11.6. The standard InChI is InChI=1S/C25H35FN4O4S/c1-6-7-16-27-25(32)20(3)29(17-21-10-8-19(2)9-11-21)24(31)18-30(35(33,34)28(4)5)23-14-12-22(26)13-15-23/h8-15,20H,6-7,16-18H2,1-5H3,(H,27,32)/t20-/m0/s1. The fraction of sp³-hybridized carbons (Fsp3) is 0.440. The summed E-state index contributed by atoms with van der Waals surface area (Å²) in [7, 11) is -1.38. The Balaban J connectivity index is 2.39. The van der Waals surface area contributed by atoms with Crippen molar-refractivity contribution in [2.24, 2.45) is 0 Å². The van der Waals surface area contributed by atoms with Gasteiger partial charge in [-0.05, 0) is 50.1 Å². The van der Waals surface area contributed by atoms with E-state index in [1.165, 1.54) is 31.1 Å². The smallest absolute Gasteiger partial charge is 0.304 e. The highest BCUT2D eigenvalue weighted by Crippen LogP contribution is 2.21. The maximum atomic E-state index is 13.6. The molecule has 0 heterocycles. The van der Waals surface area contributed by atoms with Crippen LogP contribution in [0.4, 0.5) is 10.1 Å². The molecule has 2 rings (SSSR count). The van der Waals surface area contributed by atoms with Gasteiger partial charge in [-0.3, -0.25) is 9.59 Å².